The van der Waals surface area contributed by atoms with Crippen LogP contribution in [-0.4, -0.2) is 49.6 Å². The van der Waals surface area contributed by atoms with Crippen molar-refractivity contribution in [3.8, 4) is 0 Å². The molecule has 0 unspecified atom stereocenters. The monoisotopic (exact) mass is 274 g/mol. The molecule has 104 valence electrons. The van der Waals surface area contributed by atoms with Gasteiger partial charge in [0.25, 0.3) is 0 Å². The van der Waals surface area contributed by atoms with E-state index in [0.717, 1.165) is 36.3 Å². The van der Waals surface area contributed by atoms with E-state index < -0.39 is 0 Å². The zero-order valence-corrected chi connectivity index (χ0v) is 11.9. The molecule has 5 nitrogen and oxygen atoms in total. The Balaban J connectivity index is 2.51. The molecule has 0 atom stereocenters. The second kappa shape index (κ2) is 9.27. The number of ether oxygens (including phenoxy) is 2. The standard InChI is InChI=1S/C12H22N2O3S/c1-3-16-7-5-14(6-8-17-4-2)12-13-9-11(10-15)18-12/h9,15H,3-8,10H2,1-2H3. The van der Waals surface area contributed by atoms with Crippen LogP contribution in [-0.2, 0) is 16.1 Å². The number of nitrogens with zero attached hydrogens (tertiary/aromatic N) is 2. The molecule has 0 aliphatic rings. The van der Waals surface area contributed by atoms with E-state index in [1.54, 1.807) is 6.20 Å². The van der Waals surface area contributed by atoms with Gasteiger partial charge in [-0.3, -0.25) is 0 Å². The molecule has 1 rings (SSSR count). The first-order valence-electron chi connectivity index (χ1n) is 6.27. The Hall–Kier alpha value is -0.690. The van der Waals surface area contributed by atoms with Crippen molar-refractivity contribution in [2.24, 2.45) is 0 Å². The molecular formula is C12H22N2O3S. The van der Waals surface area contributed by atoms with Crippen molar-refractivity contribution in [1.82, 2.24) is 4.98 Å². The molecule has 1 N–H and O–H groups in total. The molecule has 0 spiro atoms. The van der Waals surface area contributed by atoms with Crippen LogP contribution in [0.15, 0.2) is 6.20 Å². The lowest BCUT2D eigenvalue weighted by Gasteiger charge is -2.21. The van der Waals surface area contributed by atoms with Gasteiger partial charge in [-0.25, -0.2) is 4.98 Å². The molecular weight excluding hydrogens is 252 g/mol. The van der Waals surface area contributed by atoms with Crippen molar-refractivity contribution in [2.75, 3.05) is 44.4 Å². The van der Waals surface area contributed by atoms with E-state index in [4.69, 9.17) is 14.6 Å². The van der Waals surface area contributed by atoms with E-state index >= 15 is 0 Å². The fraction of sp³-hybridized carbons (Fsp3) is 0.750. The molecule has 0 fully saturated rings. The molecule has 0 saturated heterocycles. The number of rotatable bonds is 10. The van der Waals surface area contributed by atoms with Crippen LogP contribution in [0, 0.1) is 0 Å². The highest BCUT2D eigenvalue weighted by Crippen LogP contribution is 2.22. The largest absolute Gasteiger partial charge is 0.391 e. The molecule has 0 aliphatic heterocycles. The van der Waals surface area contributed by atoms with Crippen molar-refractivity contribution in [1.29, 1.82) is 0 Å². The van der Waals surface area contributed by atoms with Crippen molar-refractivity contribution < 1.29 is 14.6 Å². The Kier molecular flexibility index (Phi) is 7.91. The Morgan fingerprint density at radius 3 is 2.28 bits per heavy atom. The average molecular weight is 274 g/mol. The highest BCUT2D eigenvalue weighted by Gasteiger charge is 2.10. The predicted octanol–water partition coefficient (Wildman–Crippen LogP) is 1.51. The van der Waals surface area contributed by atoms with Gasteiger partial charge in [0, 0.05) is 32.5 Å². The summed E-state index contributed by atoms with van der Waals surface area (Å²) in [7, 11) is 0. The first-order valence-corrected chi connectivity index (χ1v) is 7.09. The predicted molar refractivity (Wildman–Crippen MR) is 73.2 cm³/mol. The van der Waals surface area contributed by atoms with Crippen LogP contribution in [0.25, 0.3) is 0 Å². The van der Waals surface area contributed by atoms with E-state index in [1.807, 2.05) is 13.8 Å². The van der Waals surface area contributed by atoms with Crippen LogP contribution in [0.3, 0.4) is 0 Å². The summed E-state index contributed by atoms with van der Waals surface area (Å²) >= 11 is 1.51. The molecule has 6 heteroatoms. The van der Waals surface area contributed by atoms with Crippen LogP contribution < -0.4 is 4.90 Å². The molecule has 0 aromatic carbocycles. The van der Waals surface area contributed by atoms with Gasteiger partial charge in [0.1, 0.15) is 0 Å². The van der Waals surface area contributed by atoms with E-state index in [9.17, 15) is 0 Å². The van der Waals surface area contributed by atoms with Gasteiger partial charge in [-0.1, -0.05) is 11.3 Å². The Morgan fingerprint density at radius 2 is 1.83 bits per heavy atom. The van der Waals surface area contributed by atoms with Crippen LogP contribution in [0.5, 0.6) is 0 Å². The second-order valence-electron chi connectivity index (χ2n) is 3.65. The summed E-state index contributed by atoms with van der Waals surface area (Å²) in [5, 5.41) is 9.98. The summed E-state index contributed by atoms with van der Waals surface area (Å²) < 4.78 is 10.7. The number of hydrogen-bond donors (Lipinski definition) is 1. The van der Waals surface area contributed by atoms with Gasteiger partial charge in [-0.2, -0.15) is 0 Å². The van der Waals surface area contributed by atoms with Crippen molar-refractivity contribution >= 4 is 16.5 Å². The summed E-state index contributed by atoms with van der Waals surface area (Å²) in [5.41, 5.74) is 0. The van der Waals surface area contributed by atoms with Crippen LogP contribution in [0.4, 0.5) is 5.13 Å². The third kappa shape index (κ3) is 5.30. The molecule has 0 saturated carbocycles. The van der Waals surface area contributed by atoms with Gasteiger partial charge in [0.15, 0.2) is 5.13 Å². The fourth-order valence-corrected chi connectivity index (χ4v) is 2.28. The quantitative estimate of drug-likeness (QED) is 0.656. The maximum atomic E-state index is 9.06. The highest BCUT2D eigenvalue weighted by molar-refractivity contribution is 7.15. The van der Waals surface area contributed by atoms with Crippen molar-refractivity contribution in [3.63, 3.8) is 0 Å². The Bertz CT molecular complexity index is 310. The number of thiazole rings is 1. The molecule has 1 aromatic heterocycles. The van der Waals surface area contributed by atoms with E-state index in [2.05, 4.69) is 9.88 Å². The van der Waals surface area contributed by atoms with Gasteiger partial charge in [-0.15, -0.1) is 0 Å². The lowest BCUT2D eigenvalue weighted by molar-refractivity contribution is 0.141. The number of hydrogen-bond acceptors (Lipinski definition) is 6. The molecule has 1 heterocycles. The zero-order chi connectivity index (χ0) is 13.2. The SMILES string of the molecule is CCOCCN(CCOCC)c1ncc(CO)s1. The summed E-state index contributed by atoms with van der Waals surface area (Å²) in [4.78, 5) is 7.33. The van der Waals surface area contributed by atoms with Gasteiger partial charge >= 0.3 is 0 Å². The van der Waals surface area contributed by atoms with Gasteiger partial charge < -0.3 is 19.5 Å². The summed E-state index contributed by atoms with van der Waals surface area (Å²) in [6.45, 7) is 8.39. The first-order chi connectivity index (χ1) is 8.81. The zero-order valence-electron chi connectivity index (χ0n) is 11.1. The normalized spacial score (nSPS) is 10.8. The fourth-order valence-electron chi connectivity index (χ4n) is 1.46. The van der Waals surface area contributed by atoms with Gasteiger partial charge in [0.05, 0.1) is 24.7 Å². The minimum Gasteiger partial charge on any atom is -0.391 e. The average Bonchev–Trinajstić information content (AvgIpc) is 2.86. The third-order valence-electron chi connectivity index (χ3n) is 2.39. The van der Waals surface area contributed by atoms with Crippen LogP contribution >= 0.6 is 11.3 Å². The minimum atomic E-state index is 0.0441. The third-order valence-corrected chi connectivity index (χ3v) is 3.43. The first kappa shape index (κ1) is 15.4. The molecule has 0 amide bonds. The van der Waals surface area contributed by atoms with Crippen LogP contribution in [0.2, 0.25) is 0 Å². The molecule has 1 aromatic rings. The Morgan fingerprint density at radius 1 is 1.22 bits per heavy atom. The highest BCUT2D eigenvalue weighted by atomic mass is 32.1. The summed E-state index contributed by atoms with van der Waals surface area (Å²) in [6, 6.07) is 0. The maximum Gasteiger partial charge on any atom is 0.185 e. The summed E-state index contributed by atoms with van der Waals surface area (Å²) in [6.07, 6.45) is 1.72. The number of aromatic nitrogens is 1. The van der Waals surface area contributed by atoms with E-state index in [1.165, 1.54) is 11.3 Å². The molecule has 0 radical (unpaired) electrons. The lowest BCUT2D eigenvalue weighted by Crippen LogP contribution is -2.31. The molecule has 18 heavy (non-hydrogen) atoms. The number of aliphatic hydroxyl groups excluding tert-OH is 1. The van der Waals surface area contributed by atoms with E-state index in [-0.39, 0.29) is 6.61 Å². The van der Waals surface area contributed by atoms with Crippen LogP contribution in [0.1, 0.15) is 18.7 Å². The molecule has 0 aliphatic carbocycles. The van der Waals surface area contributed by atoms with E-state index in [0.29, 0.717) is 13.2 Å². The van der Waals surface area contributed by atoms with Gasteiger partial charge in [0.2, 0.25) is 0 Å². The maximum absolute atomic E-state index is 9.06. The van der Waals surface area contributed by atoms with Gasteiger partial charge in [-0.05, 0) is 13.8 Å². The minimum absolute atomic E-state index is 0.0441. The second-order valence-corrected chi connectivity index (χ2v) is 4.74. The topological polar surface area (TPSA) is 54.8 Å². The smallest absolute Gasteiger partial charge is 0.185 e. The Labute approximate surface area is 112 Å². The van der Waals surface area contributed by atoms with Crippen molar-refractivity contribution in [3.05, 3.63) is 11.1 Å². The summed E-state index contributed by atoms with van der Waals surface area (Å²) in [5.74, 6) is 0. The number of aliphatic hydroxyl groups is 1. The molecule has 0 bridgehead atoms. The lowest BCUT2D eigenvalue weighted by atomic mass is 10.5. The number of anilines is 1. The van der Waals surface area contributed by atoms with Crippen molar-refractivity contribution in [2.45, 2.75) is 20.5 Å².